The van der Waals surface area contributed by atoms with Gasteiger partial charge in [0.25, 0.3) is 11.6 Å². The molecule has 8 heteroatoms. The fourth-order valence-electron chi connectivity index (χ4n) is 1.68. The third-order valence-corrected chi connectivity index (χ3v) is 2.64. The monoisotopic (exact) mass is 273 g/mol. The van der Waals surface area contributed by atoms with Crippen LogP contribution in [-0.2, 0) is 11.3 Å². The lowest BCUT2D eigenvalue weighted by Crippen LogP contribution is -2.08. The number of nitrogens with zero attached hydrogens (tertiary/aromatic N) is 5. The van der Waals surface area contributed by atoms with Gasteiger partial charge in [0.05, 0.1) is 0 Å². The highest BCUT2D eigenvalue weighted by atomic mass is 16.5. The number of fused-ring (bicyclic) bond motifs is 1. The number of hydrogen-bond donors (Lipinski definition) is 0. The van der Waals surface area contributed by atoms with Crippen LogP contribution in [0.1, 0.15) is 27.8 Å². The number of ether oxygens (including phenoxy) is 1. The van der Waals surface area contributed by atoms with E-state index in [0.717, 1.165) is 5.69 Å². The molecule has 0 amide bonds. The largest absolute Gasteiger partial charge is 0.453 e. The van der Waals surface area contributed by atoms with Crippen molar-refractivity contribution in [3.05, 3.63) is 41.3 Å². The molecule has 0 atom stereocenters. The molecule has 0 saturated carbocycles. The number of carbonyl (C=O) groups is 1. The van der Waals surface area contributed by atoms with E-state index in [1.807, 2.05) is 6.92 Å². The second-order valence-electron chi connectivity index (χ2n) is 4.24. The van der Waals surface area contributed by atoms with Crippen LogP contribution >= 0.6 is 0 Å². The van der Waals surface area contributed by atoms with E-state index in [0.29, 0.717) is 17.2 Å². The summed E-state index contributed by atoms with van der Waals surface area (Å²) in [5.41, 5.74) is 1.36. The third kappa shape index (κ3) is 2.22. The number of rotatable bonds is 3. The minimum absolute atomic E-state index is 0.0120. The number of carbonyl (C=O) groups excluding carboxylic acids is 1. The summed E-state index contributed by atoms with van der Waals surface area (Å²) in [6.45, 7) is 3.62. The Kier molecular flexibility index (Phi) is 2.90. The van der Waals surface area contributed by atoms with Crippen LogP contribution in [0.3, 0.4) is 0 Å². The molecule has 0 aliphatic carbocycles. The molecule has 0 aliphatic rings. The highest BCUT2D eigenvalue weighted by Gasteiger charge is 2.16. The van der Waals surface area contributed by atoms with Crippen LogP contribution in [0, 0.1) is 13.8 Å². The Balaban J connectivity index is 1.77. The highest BCUT2D eigenvalue weighted by Crippen LogP contribution is 2.06. The molecule has 0 aromatic carbocycles. The molecule has 20 heavy (non-hydrogen) atoms. The Morgan fingerprint density at radius 2 is 2.30 bits per heavy atom. The molecule has 0 fully saturated rings. The molecule has 0 aliphatic heterocycles. The molecular formula is C12H11N5O3. The van der Waals surface area contributed by atoms with Crippen molar-refractivity contribution >= 4 is 11.7 Å². The van der Waals surface area contributed by atoms with E-state index in [2.05, 4.69) is 20.2 Å². The molecular weight excluding hydrogens is 262 g/mol. The van der Waals surface area contributed by atoms with Crippen LogP contribution in [0.15, 0.2) is 22.9 Å². The number of hydrogen-bond acceptors (Lipinski definition) is 7. The lowest BCUT2D eigenvalue weighted by atomic mass is 10.4. The zero-order valence-electron chi connectivity index (χ0n) is 10.9. The quantitative estimate of drug-likeness (QED) is 0.659. The van der Waals surface area contributed by atoms with Gasteiger partial charge in [0.1, 0.15) is 18.1 Å². The zero-order valence-corrected chi connectivity index (χ0v) is 10.9. The predicted molar refractivity (Wildman–Crippen MR) is 65.9 cm³/mol. The Hall–Kier alpha value is -2.77. The first-order chi connectivity index (χ1) is 9.63. The molecule has 3 rings (SSSR count). The zero-order chi connectivity index (χ0) is 14.1. The van der Waals surface area contributed by atoms with Crippen molar-refractivity contribution in [3.8, 4) is 0 Å². The van der Waals surface area contributed by atoms with Crippen LogP contribution in [0.5, 0.6) is 0 Å². The van der Waals surface area contributed by atoms with Crippen LogP contribution in [0.25, 0.3) is 5.78 Å². The maximum atomic E-state index is 11.9. The van der Waals surface area contributed by atoms with E-state index in [-0.39, 0.29) is 12.4 Å². The Morgan fingerprint density at radius 3 is 3.00 bits per heavy atom. The van der Waals surface area contributed by atoms with Crippen molar-refractivity contribution in [2.24, 2.45) is 0 Å². The van der Waals surface area contributed by atoms with Gasteiger partial charge in [-0.15, -0.1) is 5.10 Å². The maximum absolute atomic E-state index is 11.9. The van der Waals surface area contributed by atoms with E-state index in [1.165, 1.54) is 4.52 Å². The molecule has 3 aromatic rings. The van der Waals surface area contributed by atoms with Gasteiger partial charge < -0.3 is 9.26 Å². The van der Waals surface area contributed by atoms with Gasteiger partial charge >= 0.3 is 5.97 Å². The predicted octanol–water partition coefficient (Wildman–Crippen LogP) is 1.09. The normalized spacial score (nSPS) is 10.9. The molecule has 3 aromatic heterocycles. The highest BCUT2D eigenvalue weighted by molar-refractivity contribution is 5.85. The van der Waals surface area contributed by atoms with Crippen LogP contribution < -0.4 is 0 Å². The lowest BCUT2D eigenvalue weighted by Gasteiger charge is -1.97. The molecule has 0 spiro atoms. The maximum Gasteiger partial charge on any atom is 0.378 e. The smallest absolute Gasteiger partial charge is 0.378 e. The first kappa shape index (κ1) is 12.3. The van der Waals surface area contributed by atoms with Gasteiger partial charge in [-0.25, -0.2) is 14.3 Å². The minimum Gasteiger partial charge on any atom is -0.453 e. The molecule has 3 heterocycles. The summed E-state index contributed by atoms with van der Waals surface area (Å²) in [6, 6.07) is 3.46. The molecule has 0 unspecified atom stereocenters. The first-order valence-electron chi connectivity index (χ1n) is 5.91. The van der Waals surface area contributed by atoms with Gasteiger partial charge in [0.2, 0.25) is 0 Å². The van der Waals surface area contributed by atoms with Gasteiger partial charge in [-0.1, -0.05) is 5.16 Å². The second-order valence-corrected chi connectivity index (χ2v) is 4.24. The number of aryl methyl sites for hydroxylation is 2. The SMILES string of the molecule is Cc1cc(COC(=O)c2nc3nccc(C)n3n2)no1. The summed E-state index contributed by atoms with van der Waals surface area (Å²) in [4.78, 5) is 19.9. The van der Waals surface area contributed by atoms with Crippen LogP contribution in [0.2, 0.25) is 0 Å². The standard InChI is InChI=1S/C12H11N5O3/c1-7-3-4-13-12-14-10(15-17(7)12)11(18)19-6-9-5-8(2)20-16-9/h3-5H,6H2,1-2H3. The van der Waals surface area contributed by atoms with Crippen molar-refractivity contribution in [2.45, 2.75) is 20.5 Å². The van der Waals surface area contributed by atoms with Gasteiger partial charge in [-0.3, -0.25) is 0 Å². The fourth-order valence-corrected chi connectivity index (χ4v) is 1.68. The van der Waals surface area contributed by atoms with Gasteiger partial charge in [0.15, 0.2) is 0 Å². The fraction of sp³-hybridized carbons (Fsp3) is 0.250. The van der Waals surface area contributed by atoms with Crippen molar-refractivity contribution < 1.29 is 14.1 Å². The summed E-state index contributed by atoms with van der Waals surface area (Å²) in [5.74, 6) is 0.346. The minimum atomic E-state index is -0.629. The molecule has 102 valence electrons. The first-order valence-corrected chi connectivity index (χ1v) is 5.91. The van der Waals surface area contributed by atoms with Crippen molar-refractivity contribution in [1.82, 2.24) is 24.7 Å². The molecule has 0 bridgehead atoms. The summed E-state index contributed by atoms with van der Waals surface area (Å²) in [7, 11) is 0. The van der Waals surface area contributed by atoms with Gasteiger partial charge in [0, 0.05) is 18.0 Å². The Labute approximate surface area is 113 Å². The summed E-state index contributed by atoms with van der Waals surface area (Å²) in [5, 5.41) is 7.78. The van der Waals surface area contributed by atoms with E-state index >= 15 is 0 Å². The summed E-state index contributed by atoms with van der Waals surface area (Å²) in [6.07, 6.45) is 1.60. The average Bonchev–Trinajstić information content (AvgIpc) is 3.03. The number of esters is 1. The van der Waals surface area contributed by atoms with E-state index in [4.69, 9.17) is 9.26 Å². The van der Waals surface area contributed by atoms with Gasteiger partial charge in [-0.05, 0) is 19.9 Å². The lowest BCUT2D eigenvalue weighted by molar-refractivity contribution is 0.0450. The Bertz CT molecular complexity index is 776. The topological polar surface area (TPSA) is 95.4 Å². The van der Waals surface area contributed by atoms with Crippen molar-refractivity contribution in [1.29, 1.82) is 0 Å². The summed E-state index contributed by atoms with van der Waals surface area (Å²) < 4.78 is 11.4. The summed E-state index contributed by atoms with van der Waals surface area (Å²) >= 11 is 0. The average molecular weight is 273 g/mol. The molecule has 0 radical (unpaired) electrons. The van der Waals surface area contributed by atoms with Crippen LogP contribution in [0.4, 0.5) is 0 Å². The van der Waals surface area contributed by atoms with E-state index < -0.39 is 5.97 Å². The molecule has 8 nitrogen and oxygen atoms in total. The Morgan fingerprint density at radius 1 is 1.45 bits per heavy atom. The second kappa shape index (κ2) is 4.72. The molecule has 0 saturated heterocycles. The van der Waals surface area contributed by atoms with Crippen molar-refractivity contribution in [3.63, 3.8) is 0 Å². The third-order valence-electron chi connectivity index (χ3n) is 2.64. The van der Waals surface area contributed by atoms with E-state index in [9.17, 15) is 4.79 Å². The van der Waals surface area contributed by atoms with Crippen LogP contribution in [-0.4, -0.2) is 30.7 Å². The number of aromatic nitrogens is 5. The van der Waals surface area contributed by atoms with E-state index in [1.54, 1.807) is 25.3 Å². The van der Waals surface area contributed by atoms with Gasteiger partial charge in [-0.2, -0.15) is 4.98 Å². The molecule has 0 N–H and O–H groups in total. The van der Waals surface area contributed by atoms with Crippen molar-refractivity contribution in [2.75, 3.05) is 0 Å².